The van der Waals surface area contributed by atoms with Gasteiger partial charge < -0.3 is 4.90 Å². The van der Waals surface area contributed by atoms with Gasteiger partial charge >= 0.3 is 0 Å². The Morgan fingerprint density at radius 1 is 1.20 bits per heavy atom. The highest BCUT2D eigenvalue weighted by Gasteiger charge is 2.20. The predicted molar refractivity (Wildman–Crippen MR) is 88.5 cm³/mol. The smallest absolute Gasteiger partial charge is 0.280 e. The molecule has 8 heteroatoms. The maximum absolute atomic E-state index is 12.8. The number of halogens is 2. The monoisotopic (exact) mass is 345 g/mol. The number of aromatic nitrogens is 2. The minimum Gasteiger partial charge on any atom is -0.340 e. The van der Waals surface area contributed by atoms with Crippen LogP contribution in [0.1, 0.15) is 23.2 Å². The molecule has 2 aromatic rings. The quantitative estimate of drug-likeness (QED) is 0.916. The zero-order valence-corrected chi connectivity index (χ0v) is 13.5. The van der Waals surface area contributed by atoms with Crippen molar-refractivity contribution in [2.75, 3.05) is 31.1 Å². The van der Waals surface area contributed by atoms with E-state index >= 15 is 0 Å². The van der Waals surface area contributed by atoms with E-state index in [0.717, 1.165) is 31.3 Å². The van der Waals surface area contributed by atoms with E-state index in [9.17, 15) is 13.6 Å². The molecule has 1 aliphatic heterocycles. The Bertz CT molecular complexity index is 820. The van der Waals surface area contributed by atoms with Gasteiger partial charge in [-0.3, -0.25) is 14.7 Å². The number of nitrogens with zero attached hydrogens (tertiary/aromatic N) is 4. The van der Waals surface area contributed by atoms with Gasteiger partial charge in [0.2, 0.25) is 5.95 Å². The lowest BCUT2D eigenvalue weighted by molar-refractivity contribution is 0.145. The van der Waals surface area contributed by atoms with Gasteiger partial charge in [-0.25, -0.2) is 13.8 Å². The number of aromatic amines is 1. The van der Waals surface area contributed by atoms with Crippen LogP contribution in [0, 0.1) is 11.3 Å². The minimum absolute atomic E-state index is 0.195. The van der Waals surface area contributed by atoms with E-state index in [0.29, 0.717) is 18.7 Å². The van der Waals surface area contributed by atoms with Crippen LogP contribution in [0.3, 0.4) is 0 Å². The molecule has 1 aromatic carbocycles. The summed E-state index contributed by atoms with van der Waals surface area (Å²) >= 11 is 0. The highest BCUT2D eigenvalue weighted by atomic mass is 19.3. The van der Waals surface area contributed by atoms with E-state index < -0.39 is 17.7 Å². The third-order valence-corrected chi connectivity index (χ3v) is 4.13. The zero-order valence-electron chi connectivity index (χ0n) is 13.5. The van der Waals surface area contributed by atoms with E-state index in [1.54, 1.807) is 12.1 Å². The molecular formula is C17H17F2N5O. The Morgan fingerprint density at radius 3 is 2.48 bits per heavy atom. The van der Waals surface area contributed by atoms with Crippen LogP contribution in [-0.2, 0) is 6.54 Å². The van der Waals surface area contributed by atoms with Gasteiger partial charge in [-0.2, -0.15) is 5.26 Å². The molecule has 3 rings (SSSR count). The first-order chi connectivity index (χ1) is 12.0. The van der Waals surface area contributed by atoms with Crippen molar-refractivity contribution in [2.45, 2.75) is 13.0 Å². The molecule has 0 atom stereocenters. The fourth-order valence-corrected chi connectivity index (χ4v) is 2.79. The number of benzene rings is 1. The molecule has 6 nitrogen and oxygen atoms in total. The Morgan fingerprint density at radius 2 is 1.88 bits per heavy atom. The molecule has 1 fully saturated rings. The zero-order chi connectivity index (χ0) is 17.8. The highest BCUT2D eigenvalue weighted by molar-refractivity contribution is 5.33. The standard InChI is InChI=1S/C17H17F2N5O/c18-16(19)14-9-15(25)22-17(21-14)24-7-5-23(6-8-24)11-13-3-1-12(10-20)2-4-13/h1-4,9,16H,5-8,11H2,(H,21,22,25). The van der Waals surface area contributed by atoms with Gasteiger partial charge in [-0.1, -0.05) is 12.1 Å². The van der Waals surface area contributed by atoms with Crippen molar-refractivity contribution in [3.05, 3.63) is 57.5 Å². The van der Waals surface area contributed by atoms with Gasteiger partial charge in [-0.05, 0) is 17.7 Å². The summed E-state index contributed by atoms with van der Waals surface area (Å²) in [5, 5.41) is 8.82. The van der Waals surface area contributed by atoms with Crippen molar-refractivity contribution >= 4 is 5.95 Å². The molecule has 0 spiro atoms. The Kier molecular flexibility index (Phi) is 5.05. The summed E-state index contributed by atoms with van der Waals surface area (Å²) in [7, 11) is 0. The van der Waals surface area contributed by atoms with E-state index in [-0.39, 0.29) is 5.95 Å². The molecule has 2 heterocycles. The molecule has 0 saturated carbocycles. The molecule has 1 saturated heterocycles. The Balaban J connectivity index is 1.62. The molecule has 0 unspecified atom stereocenters. The maximum Gasteiger partial charge on any atom is 0.280 e. The van der Waals surface area contributed by atoms with E-state index in [1.807, 2.05) is 17.0 Å². The topological polar surface area (TPSA) is 76.0 Å². The van der Waals surface area contributed by atoms with Gasteiger partial charge in [0.05, 0.1) is 11.6 Å². The second-order valence-electron chi connectivity index (χ2n) is 5.87. The van der Waals surface area contributed by atoms with Gasteiger partial charge in [0.25, 0.3) is 12.0 Å². The SMILES string of the molecule is N#Cc1ccc(CN2CCN(c3nc(C(F)F)cc(=O)[nH]3)CC2)cc1. The molecule has 25 heavy (non-hydrogen) atoms. The number of hydrogen-bond acceptors (Lipinski definition) is 5. The fraction of sp³-hybridized carbons (Fsp3) is 0.353. The summed E-state index contributed by atoms with van der Waals surface area (Å²) in [6.45, 7) is 3.38. The Hall–Kier alpha value is -2.79. The molecule has 1 aromatic heterocycles. The summed E-state index contributed by atoms with van der Waals surface area (Å²) in [6, 6.07) is 10.3. The number of rotatable bonds is 4. The van der Waals surface area contributed by atoms with Crippen LogP contribution in [0.4, 0.5) is 14.7 Å². The first-order valence-electron chi connectivity index (χ1n) is 7.91. The summed E-state index contributed by atoms with van der Waals surface area (Å²) in [5.74, 6) is 0.195. The van der Waals surface area contributed by atoms with Crippen LogP contribution >= 0.6 is 0 Å². The van der Waals surface area contributed by atoms with Crippen molar-refractivity contribution in [1.29, 1.82) is 5.26 Å². The lowest BCUT2D eigenvalue weighted by Crippen LogP contribution is -2.47. The van der Waals surface area contributed by atoms with Crippen molar-refractivity contribution < 1.29 is 8.78 Å². The van der Waals surface area contributed by atoms with E-state index in [4.69, 9.17) is 5.26 Å². The third-order valence-electron chi connectivity index (χ3n) is 4.13. The lowest BCUT2D eigenvalue weighted by Gasteiger charge is -2.35. The summed E-state index contributed by atoms with van der Waals surface area (Å²) in [6.07, 6.45) is -2.77. The van der Waals surface area contributed by atoms with E-state index in [2.05, 4.69) is 20.9 Å². The van der Waals surface area contributed by atoms with Gasteiger partial charge in [0.15, 0.2) is 0 Å². The largest absolute Gasteiger partial charge is 0.340 e. The molecule has 1 aliphatic rings. The first-order valence-corrected chi connectivity index (χ1v) is 7.91. The number of nitriles is 1. The normalized spacial score (nSPS) is 15.4. The number of hydrogen-bond donors (Lipinski definition) is 1. The van der Waals surface area contributed by atoms with Gasteiger partial charge in [0, 0.05) is 38.8 Å². The van der Waals surface area contributed by atoms with Crippen LogP contribution < -0.4 is 10.5 Å². The number of nitrogens with one attached hydrogen (secondary N) is 1. The average molecular weight is 345 g/mol. The Labute approximate surface area is 143 Å². The van der Waals surface area contributed by atoms with Crippen molar-refractivity contribution in [1.82, 2.24) is 14.9 Å². The highest BCUT2D eigenvalue weighted by Crippen LogP contribution is 2.18. The number of piperazine rings is 1. The van der Waals surface area contributed by atoms with Gasteiger partial charge in [-0.15, -0.1) is 0 Å². The second-order valence-corrected chi connectivity index (χ2v) is 5.87. The lowest BCUT2D eigenvalue weighted by atomic mass is 10.1. The average Bonchev–Trinajstić information content (AvgIpc) is 2.62. The molecule has 130 valence electrons. The summed E-state index contributed by atoms with van der Waals surface area (Å²) < 4.78 is 25.6. The maximum atomic E-state index is 12.8. The summed E-state index contributed by atoms with van der Waals surface area (Å²) in [4.78, 5) is 21.9. The predicted octanol–water partition coefficient (Wildman–Crippen LogP) is 1.90. The van der Waals surface area contributed by atoms with Crippen LogP contribution in [0.5, 0.6) is 0 Å². The van der Waals surface area contributed by atoms with Crippen molar-refractivity contribution in [2.24, 2.45) is 0 Å². The molecular weight excluding hydrogens is 328 g/mol. The second kappa shape index (κ2) is 7.40. The number of anilines is 1. The van der Waals surface area contributed by atoms with Crippen molar-refractivity contribution in [3.63, 3.8) is 0 Å². The van der Waals surface area contributed by atoms with Crippen LogP contribution in [0.2, 0.25) is 0 Å². The van der Waals surface area contributed by atoms with Gasteiger partial charge in [0.1, 0.15) is 5.69 Å². The fourth-order valence-electron chi connectivity index (χ4n) is 2.79. The first kappa shape index (κ1) is 17.0. The van der Waals surface area contributed by atoms with E-state index in [1.165, 1.54) is 0 Å². The van der Waals surface area contributed by atoms with Crippen LogP contribution in [-0.4, -0.2) is 41.0 Å². The third kappa shape index (κ3) is 4.19. The van der Waals surface area contributed by atoms with Crippen molar-refractivity contribution in [3.8, 4) is 6.07 Å². The molecule has 0 amide bonds. The molecule has 0 radical (unpaired) electrons. The molecule has 1 N–H and O–H groups in total. The molecule has 0 aliphatic carbocycles. The molecule has 0 bridgehead atoms. The van der Waals surface area contributed by atoms with Crippen LogP contribution in [0.25, 0.3) is 0 Å². The number of H-pyrrole nitrogens is 1. The van der Waals surface area contributed by atoms with Crippen LogP contribution in [0.15, 0.2) is 35.1 Å². The minimum atomic E-state index is -2.77. The number of alkyl halides is 2. The summed E-state index contributed by atoms with van der Waals surface area (Å²) in [5.41, 5.74) is 0.667.